The largest absolute Gasteiger partial charge is 0.358 e. The van der Waals surface area contributed by atoms with Crippen molar-refractivity contribution in [2.24, 2.45) is 0 Å². The minimum atomic E-state index is -0.180. The van der Waals surface area contributed by atoms with Crippen molar-refractivity contribution in [3.63, 3.8) is 0 Å². The Morgan fingerprint density at radius 2 is 2.20 bits per heavy atom. The first kappa shape index (κ1) is 8.92. The van der Waals surface area contributed by atoms with E-state index in [1.165, 1.54) is 11.8 Å². The zero-order valence-electron chi connectivity index (χ0n) is 8.39. The molecule has 1 aromatic carbocycles. The van der Waals surface area contributed by atoms with Crippen LogP contribution in [0.25, 0.3) is 10.9 Å². The first-order valence-electron chi connectivity index (χ1n) is 5.32. The molecular weight excluding hydrogens is 191 g/mol. The summed E-state index contributed by atoms with van der Waals surface area (Å²) in [6, 6.07) is 7.02. The van der Waals surface area contributed by atoms with Gasteiger partial charge in [0.25, 0.3) is 0 Å². The number of nitrogens with one attached hydrogen (secondary N) is 2. The van der Waals surface area contributed by atoms with E-state index >= 15 is 0 Å². The molecule has 0 spiro atoms. The van der Waals surface area contributed by atoms with Crippen molar-refractivity contribution in [1.82, 2.24) is 10.3 Å². The molecule has 15 heavy (non-hydrogen) atoms. The van der Waals surface area contributed by atoms with Crippen LogP contribution in [-0.2, 0) is 0 Å². The third-order valence-corrected chi connectivity index (χ3v) is 3.11. The van der Waals surface area contributed by atoms with E-state index in [4.69, 9.17) is 0 Å². The number of H-pyrrole nitrogens is 1. The zero-order chi connectivity index (χ0) is 10.3. The Morgan fingerprint density at radius 1 is 1.27 bits per heavy atom. The lowest BCUT2D eigenvalue weighted by Crippen LogP contribution is -2.07. The SMILES string of the molecule is Fc1ccc2cc([C@H]3CCNC3)[nH]c2c1. The molecule has 3 rings (SSSR count). The number of hydrogen-bond acceptors (Lipinski definition) is 1. The van der Waals surface area contributed by atoms with Crippen molar-refractivity contribution in [3.05, 3.63) is 35.8 Å². The molecule has 1 saturated heterocycles. The molecule has 1 aliphatic rings. The van der Waals surface area contributed by atoms with Gasteiger partial charge in [-0.2, -0.15) is 0 Å². The van der Waals surface area contributed by atoms with Crippen molar-refractivity contribution in [3.8, 4) is 0 Å². The van der Waals surface area contributed by atoms with Gasteiger partial charge in [-0.15, -0.1) is 0 Å². The number of hydrogen-bond donors (Lipinski definition) is 2. The van der Waals surface area contributed by atoms with Gasteiger partial charge in [-0.25, -0.2) is 4.39 Å². The number of benzene rings is 1. The lowest BCUT2D eigenvalue weighted by atomic mass is 10.1. The van der Waals surface area contributed by atoms with E-state index in [9.17, 15) is 4.39 Å². The van der Waals surface area contributed by atoms with Crippen LogP contribution in [0.4, 0.5) is 4.39 Å². The minimum absolute atomic E-state index is 0.180. The highest BCUT2D eigenvalue weighted by Crippen LogP contribution is 2.25. The predicted octanol–water partition coefficient (Wildman–Crippen LogP) is 2.38. The first-order chi connectivity index (χ1) is 7.33. The van der Waals surface area contributed by atoms with Crippen molar-refractivity contribution >= 4 is 10.9 Å². The molecule has 1 atom stereocenters. The Morgan fingerprint density at radius 3 is 3.00 bits per heavy atom. The molecule has 0 unspecified atom stereocenters. The maximum Gasteiger partial charge on any atom is 0.125 e. The fourth-order valence-corrected chi connectivity index (χ4v) is 2.26. The highest BCUT2D eigenvalue weighted by atomic mass is 19.1. The maximum atomic E-state index is 13.0. The first-order valence-corrected chi connectivity index (χ1v) is 5.32. The number of aromatic amines is 1. The van der Waals surface area contributed by atoms with Crippen LogP contribution in [0.5, 0.6) is 0 Å². The fourth-order valence-electron chi connectivity index (χ4n) is 2.26. The van der Waals surface area contributed by atoms with E-state index < -0.39 is 0 Å². The van der Waals surface area contributed by atoms with Crippen molar-refractivity contribution in [2.45, 2.75) is 12.3 Å². The van der Waals surface area contributed by atoms with Crippen LogP contribution in [0.2, 0.25) is 0 Å². The van der Waals surface area contributed by atoms with Gasteiger partial charge in [0.05, 0.1) is 0 Å². The molecule has 1 aliphatic heterocycles. The van der Waals surface area contributed by atoms with Gasteiger partial charge in [0, 0.05) is 23.7 Å². The highest BCUT2D eigenvalue weighted by Gasteiger charge is 2.18. The summed E-state index contributed by atoms with van der Waals surface area (Å²) in [5.74, 6) is 0.376. The van der Waals surface area contributed by atoms with E-state index in [2.05, 4.69) is 16.4 Å². The van der Waals surface area contributed by atoms with Gasteiger partial charge in [-0.05, 0) is 42.6 Å². The maximum absolute atomic E-state index is 13.0. The van der Waals surface area contributed by atoms with Crippen molar-refractivity contribution in [2.75, 3.05) is 13.1 Å². The van der Waals surface area contributed by atoms with Gasteiger partial charge in [-0.3, -0.25) is 0 Å². The molecule has 0 saturated carbocycles. The number of rotatable bonds is 1. The van der Waals surface area contributed by atoms with Gasteiger partial charge in [0.1, 0.15) is 5.82 Å². The Hall–Kier alpha value is -1.35. The normalized spacial score (nSPS) is 21.3. The van der Waals surface area contributed by atoms with Gasteiger partial charge < -0.3 is 10.3 Å². The third-order valence-electron chi connectivity index (χ3n) is 3.11. The Bertz CT molecular complexity index is 483. The molecule has 2 N–H and O–H groups in total. The monoisotopic (exact) mass is 204 g/mol. The smallest absolute Gasteiger partial charge is 0.125 e. The van der Waals surface area contributed by atoms with Crippen LogP contribution in [-0.4, -0.2) is 18.1 Å². The van der Waals surface area contributed by atoms with E-state index in [0.29, 0.717) is 5.92 Å². The van der Waals surface area contributed by atoms with Crippen LogP contribution in [0.1, 0.15) is 18.0 Å². The fraction of sp³-hybridized carbons (Fsp3) is 0.333. The predicted molar refractivity (Wildman–Crippen MR) is 58.5 cm³/mol. The lowest BCUT2D eigenvalue weighted by Gasteiger charge is -2.03. The summed E-state index contributed by atoms with van der Waals surface area (Å²) in [6.45, 7) is 2.10. The molecule has 0 bridgehead atoms. The summed E-state index contributed by atoms with van der Waals surface area (Å²) in [6.07, 6.45) is 1.16. The molecular formula is C12H13FN2. The van der Waals surface area contributed by atoms with E-state index in [0.717, 1.165) is 30.4 Å². The van der Waals surface area contributed by atoms with Gasteiger partial charge in [-0.1, -0.05) is 0 Å². The molecule has 0 aliphatic carbocycles. The molecule has 2 heterocycles. The second-order valence-electron chi connectivity index (χ2n) is 4.15. The van der Waals surface area contributed by atoms with E-state index in [-0.39, 0.29) is 5.82 Å². The average molecular weight is 204 g/mol. The highest BCUT2D eigenvalue weighted by molar-refractivity contribution is 5.80. The van der Waals surface area contributed by atoms with Crippen LogP contribution in [0.15, 0.2) is 24.3 Å². The van der Waals surface area contributed by atoms with Crippen molar-refractivity contribution < 1.29 is 4.39 Å². The molecule has 2 nitrogen and oxygen atoms in total. The number of halogens is 1. The number of aromatic nitrogens is 1. The van der Waals surface area contributed by atoms with Gasteiger partial charge >= 0.3 is 0 Å². The van der Waals surface area contributed by atoms with E-state index in [1.54, 1.807) is 6.07 Å². The molecule has 1 fully saturated rings. The summed E-state index contributed by atoms with van der Waals surface area (Å²) in [7, 11) is 0. The molecule has 78 valence electrons. The summed E-state index contributed by atoms with van der Waals surface area (Å²) < 4.78 is 13.0. The standard InChI is InChI=1S/C12H13FN2/c13-10-2-1-8-5-11(15-12(8)6-10)9-3-4-14-7-9/h1-2,5-6,9,14-15H,3-4,7H2/t9-/m0/s1. The van der Waals surface area contributed by atoms with Gasteiger partial charge in [0.15, 0.2) is 0 Å². The third kappa shape index (κ3) is 1.53. The Kier molecular flexibility index (Phi) is 1.99. The summed E-state index contributed by atoms with van der Waals surface area (Å²) in [5.41, 5.74) is 2.12. The topological polar surface area (TPSA) is 27.8 Å². The van der Waals surface area contributed by atoms with Gasteiger partial charge in [0.2, 0.25) is 0 Å². The van der Waals surface area contributed by atoms with Crippen LogP contribution < -0.4 is 5.32 Å². The van der Waals surface area contributed by atoms with Crippen LogP contribution in [0.3, 0.4) is 0 Å². The second kappa shape index (κ2) is 3.35. The zero-order valence-corrected chi connectivity index (χ0v) is 8.39. The summed E-state index contributed by atoms with van der Waals surface area (Å²) in [4.78, 5) is 3.30. The molecule has 1 aromatic heterocycles. The second-order valence-corrected chi connectivity index (χ2v) is 4.15. The molecule has 0 amide bonds. The van der Waals surface area contributed by atoms with Crippen LogP contribution >= 0.6 is 0 Å². The molecule has 0 radical (unpaired) electrons. The number of fused-ring (bicyclic) bond motifs is 1. The summed E-state index contributed by atoms with van der Waals surface area (Å²) in [5, 5.41) is 4.43. The molecule has 2 aromatic rings. The quantitative estimate of drug-likeness (QED) is 0.733. The Balaban J connectivity index is 2.05. The Labute approximate surface area is 87.5 Å². The summed E-state index contributed by atoms with van der Waals surface area (Å²) >= 11 is 0. The molecule has 3 heteroatoms. The van der Waals surface area contributed by atoms with E-state index in [1.807, 2.05) is 6.07 Å². The van der Waals surface area contributed by atoms with Crippen molar-refractivity contribution in [1.29, 1.82) is 0 Å². The minimum Gasteiger partial charge on any atom is -0.358 e. The van der Waals surface area contributed by atoms with Crippen LogP contribution in [0, 0.1) is 5.82 Å². The lowest BCUT2D eigenvalue weighted by molar-refractivity contribution is 0.629. The average Bonchev–Trinajstić information content (AvgIpc) is 2.84.